The van der Waals surface area contributed by atoms with Crippen LogP contribution in [0.2, 0.25) is 0 Å². The first-order valence-electron chi connectivity index (χ1n) is 8.98. The minimum absolute atomic E-state index is 0.260. The second-order valence-electron chi connectivity index (χ2n) is 9.92. The number of hydrogen-bond donors (Lipinski definition) is 1. The third-order valence-electron chi connectivity index (χ3n) is 4.17. The van der Waals surface area contributed by atoms with Crippen LogP contribution in [0.1, 0.15) is 69.4 Å². The molecule has 4 heteroatoms. The molecule has 0 aliphatic heterocycles. The lowest BCUT2D eigenvalue weighted by molar-refractivity contribution is -0.870. The average molecular weight is 351 g/mol. The maximum atomic E-state index is 12.5. The second-order valence-corrected chi connectivity index (χ2v) is 9.92. The summed E-state index contributed by atoms with van der Waals surface area (Å²) >= 11 is 0. The van der Waals surface area contributed by atoms with Gasteiger partial charge in [0.1, 0.15) is 5.75 Å². The molecule has 1 aromatic carbocycles. The maximum absolute atomic E-state index is 12.5. The summed E-state index contributed by atoms with van der Waals surface area (Å²) in [5, 5.41) is 10.7. The third kappa shape index (κ3) is 6.35. The van der Waals surface area contributed by atoms with Gasteiger partial charge >= 0.3 is 5.97 Å². The van der Waals surface area contributed by atoms with E-state index in [9.17, 15) is 9.90 Å². The van der Waals surface area contributed by atoms with Gasteiger partial charge in [-0.25, -0.2) is 4.79 Å². The van der Waals surface area contributed by atoms with Gasteiger partial charge in [-0.05, 0) is 23.0 Å². The van der Waals surface area contributed by atoms with E-state index < -0.39 is 0 Å². The number of ether oxygens (including phenoxy) is 1. The summed E-state index contributed by atoms with van der Waals surface area (Å²) in [7, 11) is 6.35. The van der Waals surface area contributed by atoms with Crippen LogP contribution in [0.15, 0.2) is 12.1 Å². The molecule has 0 atom stereocenters. The molecule has 0 aliphatic carbocycles. The van der Waals surface area contributed by atoms with Crippen LogP contribution in [-0.2, 0) is 15.6 Å². The zero-order valence-electron chi connectivity index (χ0n) is 17.5. The van der Waals surface area contributed by atoms with Crippen LogP contribution in [0.5, 0.6) is 5.75 Å². The van der Waals surface area contributed by atoms with E-state index in [1.54, 1.807) is 12.1 Å². The van der Waals surface area contributed by atoms with E-state index in [4.69, 9.17) is 4.74 Å². The van der Waals surface area contributed by atoms with Crippen LogP contribution < -0.4 is 0 Å². The first kappa shape index (κ1) is 21.5. The highest BCUT2D eigenvalue weighted by molar-refractivity contribution is 5.90. The van der Waals surface area contributed by atoms with Crippen molar-refractivity contribution < 1.29 is 19.1 Å². The Kier molecular flexibility index (Phi) is 6.33. The van der Waals surface area contributed by atoms with Gasteiger partial charge in [-0.2, -0.15) is 0 Å². The largest absolute Gasteiger partial charge is 0.507 e. The predicted octanol–water partition coefficient (Wildman–Crippen LogP) is 4.24. The fourth-order valence-corrected chi connectivity index (χ4v) is 2.68. The third-order valence-corrected chi connectivity index (χ3v) is 4.17. The van der Waals surface area contributed by atoms with Gasteiger partial charge in [0.2, 0.25) is 0 Å². The number of rotatable bonds is 5. The quantitative estimate of drug-likeness (QED) is 0.491. The van der Waals surface area contributed by atoms with Crippen LogP contribution in [0.25, 0.3) is 0 Å². The Labute approximate surface area is 153 Å². The normalized spacial score (nSPS) is 13.0. The molecule has 1 N–H and O–H groups in total. The average Bonchev–Trinajstić information content (AvgIpc) is 2.39. The van der Waals surface area contributed by atoms with Crippen LogP contribution in [0.4, 0.5) is 0 Å². The molecule has 0 fully saturated rings. The zero-order chi connectivity index (χ0) is 19.6. The van der Waals surface area contributed by atoms with Gasteiger partial charge in [0.05, 0.1) is 39.9 Å². The molecule has 0 aliphatic rings. The Morgan fingerprint density at radius 2 is 1.44 bits per heavy atom. The van der Waals surface area contributed by atoms with E-state index in [1.807, 2.05) is 41.5 Å². The number of esters is 1. The molecule has 4 nitrogen and oxygen atoms in total. The van der Waals surface area contributed by atoms with Crippen molar-refractivity contribution in [3.63, 3.8) is 0 Å². The lowest BCUT2D eigenvalue weighted by Gasteiger charge is -2.28. The van der Waals surface area contributed by atoms with Gasteiger partial charge in [-0.3, -0.25) is 0 Å². The highest BCUT2D eigenvalue weighted by Gasteiger charge is 2.28. The molecule has 1 aromatic rings. The van der Waals surface area contributed by atoms with E-state index in [1.165, 1.54) is 0 Å². The summed E-state index contributed by atoms with van der Waals surface area (Å²) in [4.78, 5) is 12.5. The van der Waals surface area contributed by atoms with Gasteiger partial charge < -0.3 is 14.3 Å². The molecular weight excluding hydrogens is 314 g/mol. The lowest BCUT2D eigenvalue weighted by atomic mass is 9.78. The molecule has 0 spiro atoms. The van der Waals surface area contributed by atoms with Crippen molar-refractivity contribution in [1.82, 2.24) is 0 Å². The van der Waals surface area contributed by atoms with Crippen LogP contribution in [0, 0.1) is 0 Å². The number of phenolic OH excluding ortho intramolecular Hbond substituents is 1. The first-order valence-corrected chi connectivity index (χ1v) is 8.98. The summed E-state index contributed by atoms with van der Waals surface area (Å²) in [5.41, 5.74) is 1.54. The molecule has 0 heterocycles. The highest BCUT2D eigenvalue weighted by Crippen LogP contribution is 2.39. The number of nitrogens with zero attached hydrogens (tertiary/aromatic N) is 1. The summed E-state index contributed by atoms with van der Waals surface area (Å²) in [6.07, 6.45) is 0.825. The lowest BCUT2D eigenvalue weighted by Crippen LogP contribution is -2.35. The number of benzene rings is 1. The number of carbonyl (C=O) groups is 1. The SMILES string of the molecule is CC(C)(C)c1cc(C(=O)OCCC[N+](C)(C)C)cc(C(C)(C)C)c1O. The maximum Gasteiger partial charge on any atom is 0.338 e. The first-order chi connectivity index (χ1) is 11.1. The van der Waals surface area contributed by atoms with E-state index in [0.29, 0.717) is 12.2 Å². The molecule has 0 amide bonds. The predicted molar refractivity (Wildman–Crippen MR) is 103 cm³/mol. The molecule has 0 unspecified atom stereocenters. The summed E-state index contributed by atoms with van der Waals surface area (Å²) in [6, 6.07) is 3.54. The molecule has 0 aromatic heterocycles. The van der Waals surface area contributed by atoms with Crippen LogP contribution in [-0.4, -0.2) is 49.9 Å². The Balaban J connectivity index is 3.08. The molecular formula is C21H36NO3+. The number of carbonyl (C=O) groups excluding carboxylic acids is 1. The Bertz CT molecular complexity index is 578. The number of aromatic hydroxyl groups is 1. The van der Waals surface area contributed by atoms with Crippen molar-refractivity contribution in [3.05, 3.63) is 28.8 Å². The number of phenols is 1. The van der Waals surface area contributed by atoms with Crippen LogP contribution in [0.3, 0.4) is 0 Å². The Morgan fingerprint density at radius 3 is 1.80 bits per heavy atom. The minimum Gasteiger partial charge on any atom is -0.507 e. The molecule has 0 bridgehead atoms. The van der Waals surface area contributed by atoms with E-state index in [2.05, 4.69) is 21.1 Å². The second kappa shape index (κ2) is 7.36. The van der Waals surface area contributed by atoms with Crippen molar-refractivity contribution in [3.8, 4) is 5.75 Å². The van der Waals surface area contributed by atoms with Gasteiger partial charge in [0, 0.05) is 17.5 Å². The monoisotopic (exact) mass is 350 g/mol. The van der Waals surface area contributed by atoms with Crippen molar-refractivity contribution in [2.45, 2.75) is 58.8 Å². The summed E-state index contributed by atoms with van der Waals surface area (Å²) < 4.78 is 6.31. The topological polar surface area (TPSA) is 46.5 Å². The zero-order valence-corrected chi connectivity index (χ0v) is 17.5. The number of quaternary nitrogens is 1. The fourth-order valence-electron chi connectivity index (χ4n) is 2.68. The van der Waals surface area contributed by atoms with E-state index >= 15 is 0 Å². The summed E-state index contributed by atoms with van der Waals surface area (Å²) in [6.45, 7) is 13.6. The standard InChI is InChI=1S/C21H35NO3/c1-20(2,3)16-13-15(14-17(18(16)23)21(4,5)6)19(24)25-12-10-11-22(7,8)9/h13-14H,10-12H2,1-9H3/p+1. The van der Waals surface area contributed by atoms with Gasteiger partial charge in [0.25, 0.3) is 0 Å². The highest BCUT2D eigenvalue weighted by atomic mass is 16.5. The van der Waals surface area contributed by atoms with E-state index in [-0.39, 0.29) is 22.5 Å². The van der Waals surface area contributed by atoms with Gasteiger partial charge in [-0.1, -0.05) is 41.5 Å². The smallest absolute Gasteiger partial charge is 0.338 e. The molecule has 1 rings (SSSR count). The molecule has 25 heavy (non-hydrogen) atoms. The molecule has 0 saturated heterocycles. The number of hydrogen-bond acceptors (Lipinski definition) is 3. The van der Waals surface area contributed by atoms with Crippen molar-refractivity contribution in [2.24, 2.45) is 0 Å². The van der Waals surface area contributed by atoms with E-state index in [0.717, 1.165) is 28.6 Å². The van der Waals surface area contributed by atoms with Gasteiger partial charge in [0.15, 0.2) is 0 Å². The van der Waals surface area contributed by atoms with Gasteiger partial charge in [-0.15, -0.1) is 0 Å². The molecule has 0 radical (unpaired) electrons. The van der Waals surface area contributed by atoms with Crippen molar-refractivity contribution >= 4 is 5.97 Å². The Morgan fingerprint density at radius 1 is 1.00 bits per heavy atom. The van der Waals surface area contributed by atoms with Crippen molar-refractivity contribution in [2.75, 3.05) is 34.3 Å². The molecule has 0 saturated carbocycles. The fraction of sp³-hybridized carbons (Fsp3) is 0.667. The Hall–Kier alpha value is -1.55. The molecule has 142 valence electrons. The summed E-state index contributed by atoms with van der Waals surface area (Å²) in [5.74, 6) is -0.0426. The minimum atomic E-state index is -0.322. The van der Waals surface area contributed by atoms with Crippen LogP contribution >= 0.6 is 0 Å². The van der Waals surface area contributed by atoms with Crippen molar-refractivity contribution in [1.29, 1.82) is 0 Å².